The van der Waals surface area contributed by atoms with E-state index >= 15 is 0 Å². The maximum absolute atomic E-state index is 13.7. The minimum Gasteiger partial charge on any atom is -0.394 e. The van der Waals surface area contributed by atoms with Crippen molar-refractivity contribution in [1.29, 1.82) is 0 Å². The van der Waals surface area contributed by atoms with Gasteiger partial charge in [-0.25, -0.2) is 8.78 Å². The highest BCUT2D eigenvalue weighted by Crippen LogP contribution is 2.22. The van der Waals surface area contributed by atoms with Gasteiger partial charge in [-0.05, 0) is 30.7 Å². The molecule has 2 aromatic rings. The van der Waals surface area contributed by atoms with E-state index in [1.165, 1.54) is 6.07 Å². The van der Waals surface area contributed by atoms with Crippen molar-refractivity contribution in [2.75, 3.05) is 6.61 Å². The quantitative estimate of drug-likeness (QED) is 0.878. The van der Waals surface area contributed by atoms with E-state index in [0.717, 1.165) is 17.7 Å². The minimum atomic E-state index is -0.477. The molecular formula is C16H17F2NO. The number of rotatable bonds is 5. The average molecular weight is 277 g/mol. The van der Waals surface area contributed by atoms with Gasteiger partial charge in [-0.2, -0.15) is 0 Å². The molecule has 2 nitrogen and oxygen atoms in total. The van der Waals surface area contributed by atoms with E-state index < -0.39 is 17.7 Å². The Bertz CT molecular complexity index is 560. The fraction of sp³-hybridized carbons (Fsp3) is 0.250. The summed E-state index contributed by atoms with van der Waals surface area (Å²) in [5.41, 5.74) is 1.15. The fourth-order valence-corrected chi connectivity index (χ4v) is 2.18. The van der Waals surface area contributed by atoms with Crippen LogP contribution in [0, 0.1) is 11.6 Å². The topological polar surface area (TPSA) is 32.3 Å². The Kier molecular flexibility index (Phi) is 4.82. The summed E-state index contributed by atoms with van der Waals surface area (Å²) in [6.07, 6.45) is 0. The highest BCUT2D eigenvalue weighted by Gasteiger charge is 2.17. The van der Waals surface area contributed by atoms with Crippen molar-refractivity contribution >= 4 is 0 Å². The van der Waals surface area contributed by atoms with Gasteiger partial charge in [0.25, 0.3) is 0 Å². The van der Waals surface area contributed by atoms with Crippen LogP contribution < -0.4 is 5.32 Å². The maximum atomic E-state index is 13.7. The van der Waals surface area contributed by atoms with Gasteiger partial charge in [-0.15, -0.1) is 0 Å². The molecule has 2 rings (SSSR count). The van der Waals surface area contributed by atoms with Crippen molar-refractivity contribution < 1.29 is 13.9 Å². The fourth-order valence-electron chi connectivity index (χ4n) is 2.18. The van der Waals surface area contributed by atoms with E-state index in [4.69, 9.17) is 0 Å². The van der Waals surface area contributed by atoms with E-state index in [1.54, 1.807) is 6.92 Å². The van der Waals surface area contributed by atoms with Crippen LogP contribution in [0.15, 0.2) is 48.5 Å². The summed E-state index contributed by atoms with van der Waals surface area (Å²) in [6, 6.07) is 12.0. The van der Waals surface area contributed by atoms with Crippen molar-refractivity contribution in [3.63, 3.8) is 0 Å². The van der Waals surface area contributed by atoms with Crippen molar-refractivity contribution in [1.82, 2.24) is 5.32 Å². The molecule has 0 saturated carbocycles. The Morgan fingerprint density at radius 3 is 2.45 bits per heavy atom. The zero-order chi connectivity index (χ0) is 14.5. The first-order valence-corrected chi connectivity index (χ1v) is 6.48. The third kappa shape index (κ3) is 3.40. The molecule has 0 amide bonds. The zero-order valence-electron chi connectivity index (χ0n) is 11.2. The molecule has 2 aromatic carbocycles. The van der Waals surface area contributed by atoms with Crippen molar-refractivity contribution in [2.45, 2.75) is 19.0 Å². The van der Waals surface area contributed by atoms with E-state index in [-0.39, 0.29) is 18.2 Å². The maximum Gasteiger partial charge on any atom is 0.128 e. The Hall–Kier alpha value is -1.78. The summed E-state index contributed by atoms with van der Waals surface area (Å²) in [7, 11) is 0. The molecule has 2 atom stereocenters. The van der Waals surface area contributed by atoms with Crippen LogP contribution in [0.3, 0.4) is 0 Å². The van der Waals surface area contributed by atoms with Gasteiger partial charge in [0, 0.05) is 11.6 Å². The molecule has 0 heterocycles. The van der Waals surface area contributed by atoms with Gasteiger partial charge in [0.15, 0.2) is 0 Å². The lowest BCUT2D eigenvalue weighted by molar-refractivity contribution is 0.234. The first-order valence-electron chi connectivity index (χ1n) is 6.48. The van der Waals surface area contributed by atoms with E-state index in [1.807, 2.05) is 30.3 Å². The number of benzene rings is 2. The molecule has 0 radical (unpaired) electrons. The predicted octanol–water partition coefficient (Wildman–Crippen LogP) is 3.35. The summed E-state index contributed by atoms with van der Waals surface area (Å²) in [6.45, 7) is 1.62. The SMILES string of the molecule is CC(NC(CO)c1ccccc1)c1cc(F)ccc1F. The van der Waals surface area contributed by atoms with Crippen LogP contribution >= 0.6 is 0 Å². The van der Waals surface area contributed by atoms with Crippen molar-refractivity contribution in [3.05, 3.63) is 71.3 Å². The highest BCUT2D eigenvalue weighted by atomic mass is 19.1. The normalized spacial score (nSPS) is 14.0. The van der Waals surface area contributed by atoms with Crippen LogP contribution in [0.1, 0.15) is 30.1 Å². The summed E-state index contributed by atoms with van der Waals surface area (Å²) in [4.78, 5) is 0. The third-order valence-electron chi connectivity index (χ3n) is 3.26. The number of halogens is 2. The van der Waals surface area contributed by atoms with Crippen molar-refractivity contribution in [3.8, 4) is 0 Å². The summed E-state index contributed by atoms with van der Waals surface area (Å²) >= 11 is 0. The summed E-state index contributed by atoms with van der Waals surface area (Å²) in [5.74, 6) is -0.938. The number of hydrogen-bond acceptors (Lipinski definition) is 2. The highest BCUT2D eigenvalue weighted by molar-refractivity contribution is 5.24. The molecule has 0 spiro atoms. The van der Waals surface area contributed by atoms with Crippen LogP contribution in [0.4, 0.5) is 8.78 Å². The van der Waals surface area contributed by atoms with Gasteiger partial charge in [-0.3, -0.25) is 0 Å². The van der Waals surface area contributed by atoms with Crippen LogP contribution in [0.5, 0.6) is 0 Å². The molecule has 4 heteroatoms. The van der Waals surface area contributed by atoms with Crippen LogP contribution in [-0.4, -0.2) is 11.7 Å². The monoisotopic (exact) mass is 277 g/mol. The smallest absolute Gasteiger partial charge is 0.128 e. The molecule has 2 unspecified atom stereocenters. The zero-order valence-corrected chi connectivity index (χ0v) is 11.2. The summed E-state index contributed by atoms with van der Waals surface area (Å²) < 4.78 is 26.9. The molecule has 0 aliphatic carbocycles. The molecule has 106 valence electrons. The number of aliphatic hydroxyl groups is 1. The standard InChI is InChI=1S/C16H17F2NO/c1-11(14-9-13(17)7-8-15(14)18)19-16(10-20)12-5-3-2-4-6-12/h2-9,11,16,19-20H,10H2,1H3. The van der Waals surface area contributed by atoms with Gasteiger partial charge in [-0.1, -0.05) is 30.3 Å². The first kappa shape index (κ1) is 14.6. The Morgan fingerprint density at radius 2 is 1.80 bits per heavy atom. The lowest BCUT2D eigenvalue weighted by atomic mass is 10.0. The summed E-state index contributed by atoms with van der Waals surface area (Å²) in [5, 5.41) is 12.6. The molecule has 0 aromatic heterocycles. The molecule has 0 fully saturated rings. The second-order valence-corrected chi connectivity index (χ2v) is 4.70. The number of hydrogen-bond donors (Lipinski definition) is 2. The Balaban J connectivity index is 2.17. The largest absolute Gasteiger partial charge is 0.394 e. The lowest BCUT2D eigenvalue weighted by Crippen LogP contribution is -2.27. The van der Waals surface area contributed by atoms with E-state index in [0.29, 0.717) is 0 Å². The average Bonchev–Trinajstić information content (AvgIpc) is 2.48. The molecular weight excluding hydrogens is 260 g/mol. The second kappa shape index (κ2) is 6.59. The predicted molar refractivity (Wildman–Crippen MR) is 74.2 cm³/mol. The van der Waals surface area contributed by atoms with Gasteiger partial charge in [0.05, 0.1) is 12.6 Å². The van der Waals surface area contributed by atoms with Gasteiger partial charge >= 0.3 is 0 Å². The van der Waals surface area contributed by atoms with Crippen LogP contribution in [0.25, 0.3) is 0 Å². The Morgan fingerprint density at radius 1 is 1.10 bits per heavy atom. The molecule has 0 aliphatic rings. The molecule has 0 aliphatic heterocycles. The van der Waals surface area contributed by atoms with Gasteiger partial charge < -0.3 is 10.4 Å². The Labute approximate surface area is 117 Å². The van der Waals surface area contributed by atoms with Crippen molar-refractivity contribution in [2.24, 2.45) is 0 Å². The van der Waals surface area contributed by atoms with Gasteiger partial charge in [0.2, 0.25) is 0 Å². The van der Waals surface area contributed by atoms with Crippen LogP contribution in [-0.2, 0) is 0 Å². The van der Waals surface area contributed by atoms with Crippen LogP contribution in [0.2, 0.25) is 0 Å². The second-order valence-electron chi connectivity index (χ2n) is 4.70. The molecule has 0 saturated heterocycles. The minimum absolute atomic E-state index is 0.120. The number of nitrogens with one attached hydrogen (secondary N) is 1. The molecule has 2 N–H and O–H groups in total. The van der Waals surface area contributed by atoms with E-state index in [9.17, 15) is 13.9 Å². The molecule has 20 heavy (non-hydrogen) atoms. The third-order valence-corrected chi connectivity index (χ3v) is 3.26. The first-order chi connectivity index (χ1) is 9.61. The number of aliphatic hydroxyl groups excluding tert-OH is 1. The molecule has 0 bridgehead atoms. The van der Waals surface area contributed by atoms with Gasteiger partial charge in [0.1, 0.15) is 11.6 Å². The lowest BCUT2D eigenvalue weighted by Gasteiger charge is -2.22. The van der Waals surface area contributed by atoms with E-state index in [2.05, 4.69) is 5.32 Å².